The van der Waals surface area contributed by atoms with Gasteiger partial charge in [-0.1, -0.05) is 39.0 Å². The summed E-state index contributed by atoms with van der Waals surface area (Å²) in [7, 11) is 0. The van der Waals surface area contributed by atoms with Crippen LogP contribution in [0.1, 0.15) is 64.7 Å². The van der Waals surface area contributed by atoms with Crippen molar-refractivity contribution in [2.75, 3.05) is 6.54 Å². The van der Waals surface area contributed by atoms with Crippen LogP contribution in [0.4, 0.5) is 0 Å². The minimum absolute atomic E-state index is 0.264. The van der Waals surface area contributed by atoms with Gasteiger partial charge in [0.25, 0.3) is 0 Å². The predicted octanol–water partition coefficient (Wildman–Crippen LogP) is 2.82. The molecule has 0 aromatic carbocycles. The Hall–Kier alpha value is -0.0800. The van der Waals surface area contributed by atoms with Crippen LogP contribution in [0.5, 0.6) is 0 Å². The molecule has 0 bridgehead atoms. The van der Waals surface area contributed by atoms with Gasteiger partial charge < -0.3 is 11.1 Å². The van der Waals surface area contributed by atoms with Gasteiger partial charge in [0, 0.05) is 18.1 Å². The molecule has 2 aliphatic rings. The first-order chi connectivity index (χ1) is 7.77. The van der Waals surface area contributed by atoms with Crippen molar-refractivity contribution in [2.24, 2.45) is 11.7 Å². The summed E-state index contributed by atoms with van der Waals surface area (Å²) in [6, 6.07) is 0.748. The van der Waals surface area contributed by atoms with Crippen molar-refractivity contribution in [1.82, 2.24) is 5.32 Å². The second-order valence-corrected chi connectivity index (χ2v) is 5.99. The second kappa shape index (κ2) is 5.50. The van der Waals surface area contributed by atoms with E-state index in [0.717, 1.165) is 18.5 Å². The van der Waals surface area contributed by atoms with Gasteiger partial charge in [-0.05, 0) is 31.6 Å². The molecule has 0 heterocycles. The zero-order valence-electron chi connectivity index (χ0n) is 10.8. The van der Waals surface area contributed by atoms with Gasteiger partial charge in [-0.15, -0.1) is 0 Å². The van der Waals surface area contributed by atoms with Crippen molar-refractivity contribution in [3.8, 4) is 0 Å². The predicted molar refractivity (Wildman–Crippen MR) is 69.4 cm³/mol. The lowest BCUT2D eigenvalue weighted by Gasteiger charge is -2.46. The highest BCUT2D eigenvalue weighted by Crippen LogP contribution is 2.34. The molecule has 2 rings (SSSR count). The van der Waals surface area contributed by atoms with Crippen LogP contribution in [0, 0.1) is 5.92 Å². The van der Waals surface area contributed by atoms with E-state index in [1.807, 2.05) is 0 Å². The SMILES string of the molecule is CC1CCCCC1(CN)NC1CCCCC1. The summed E-state index contributed by atoms with van der Waals surface area (Å²) >= 11 is 0. The van der Waals surface area contributed by atoms with E-state index in [-0.39, 0.29) is 5.54 Å². The smallest absolute Gasteiger partial charge is 0.0332 e. The molecule has 2 atom stereocenters. The van der Waals surface area contributed by atoms with Crippen molar-refractivity contribution in [3.63, 3.8) is 0 Å². The van der Waals surface area contributed by atoms with Gasteiger partial charge in [-0.2, -0.15) is 0 Å². The molecule has 0 aromatic heterocycles. The summed E-state index contributed by atoms with van der Waals surface area (Å²) in [5, 5.41) is 3.95. The van der Waals surface area contributed by atoms with Gasteiger partial charge in [-0.25, -0.2) is 0 Å². The first-order valence-electron chi connectivity index (χ1n) is 7.24. The van der Waals surface area contributed by atoms with E-state index in [1.165, 1.54) is 57.8 Å². The Labute approximate surface area is 100 Å². The summed E-state index contributed by atoms with van der Waals surface area (Å²) in [6.45, 7) is 3.21. The van der Waals surface area contributed by atoms with Crippen LogP contribution in [0.25, 0.3) is 0 Å². The van der Waals surface area contributed by atoms with E-state index >= 15 is 0 Å². The maximum atomic E-state index is 6.08. The summed E-state index contributed by atoms with van der Waals surface area (Å²) in [5.74, 6) is 0.758. The number of nitrogens with one attached hydrogen (secondary N) is 1. The molecule has 0 amide bonds. The Bertz CT molecular complexity index is 211. The molecule has 2 aliphatic carbocycles. The van der Waals surface area contributed by atoms with Crippen LogP contribution in [-0.2, 0) is 0 Å². The number of hydrogen-bond acceptors (Lipinski definition) is 2. The van der Waals surface area contributed by atoms with Crippen LogP contribution < -0.4 is 11.1 Å². The minimum atomic E-state index is 0.264. The molecule has 0 aliphatic heterocycles. The van der Waals surface area contributed by atoms with Gasteiger partial charge in [0.1, 0.15) is 0 Å². The molecule has 0 saturated heterocycles. The van der Waals surface area contributed by atoms with Crippen LogP contribution in [0.3, 0.4) is 0 Å². The molecule has 0 radical (unpaired) electrons. The zero-order valence-corrected chi connectivity index (χ0v) is 10.8. The third kappa shape index (κ3) is 2.60. The number of hydrogen-bond donors (Lipinski definition) is 2. The monoisotopic (exact) mass is 224 g/mol. The molecule has 94 valence electrons. The van der Waals surface area contributed by atoms with E-state index in [0.29, 0.717) is 0 Å². The molecule has 3 N–H and O–H groups in total. The topological polar surface area (TPSA) is 38.0 Å². The minimum Gasteiger partial charge on any atom is -0.329 e. The fourth-order valence-corrected chi connectivity index (χ4v) is 3.64. The van der Waals surface area contributed by atoms with Crippen LogP contribution in [-0.4, -0.2) is 18.1 Å². The summed E-state index contributed by atoms with van der Waals surface area (Å²) in [6.07, 6.45) is 12.4. The lowest BCUT2D eigenvalue weighted by molar-refractivity contribution is 0.132. The first-order valence-corrected chi connectivity index (χ1v) is 7.24. The van der Waals surface area contributed by atoms with Crippen LogP contribution >= 0.6 is 0 Å². The van der Waals surface area contributed by atoms with E-state index < -0.39 is 0 Å². The summed E-state index contributed by atoms with van der Waals surface area (Å²) < 4.78 is 0. The van der Waals surface area contributed by atoms with Gasteiger partial charge in [0.2, 0.25) is 0 Å². The molecule has 2 heteroatoms. The van der Waals surface area contributed by atoms with Crippen molar-refractivity contribution in [3.05, 3.63) is 0 Å². The fourth-order valence-electron chi connectivity index (χ4n) is 3.64. The first kappa shape index (κ1) is 12.4. The fraction of sp³-hybridized carbons (Fsp3) is 1.00. The van der Waals surface area contributed by atoms with Crippen molar-refractivity contribution < 1.29 is 0 Å². The maximum absolute atomic E-state index is 6.08. The molecular formula is C14H28N2. The molecule has 2 saturated carbocycles. The van der Waals surface area contributed by atoms with Crippen molar-refractivity contribution in [2.45, 2.75) is 76.3 Å². The largest absolute Gasteiger partial charge is 0.329 e. The van der Waals surface area contributed by atoms with Gasteiger partial charge in [-0.3, -0.25) is 0 Å². The molecule has 2 fully saturated rings. The summed E-state index contributed by atoms with van der Waals surface area (Å²) in [4.78, 5) is 0. The Balaban J connectivity index is 1.96. The Morgan fingerprint density at radius 2 is 1.75 bits per heavy atom. The molecule has 2 nitrogen and oxygen atoms in total. The average molecular weight is 224 g/mol. The summed E-state index contributed by atoms with van der Waals surface area (Å²) in [5.41, 5.74) is 6.35. The van der Waals surface area contributed by atoms with Gasteiger partial charge in [0.05, 0.1) is 0 Å². The number of rotatable bonds is 3. The van der Waals surface area contributed by atoms with E-state index in [2.05, 4.69) is 12.2 Å². The molecular weight excluding hydrogens is 196 g/mol. The molecule has 2 unspecified atom stereocenters. The number of nitrogens with two attached hydrogens (primary N) is 1. The Morgan fingerprint density at radius 1 is 1.06 bits per heavy atom. The van der Waals surface area contributed by atoms with Gasteiger partial charge in [0.15, 0.2) is 0 Å². The molecule has 0 aromatic rings. The Morgan fingerprint density at radius 3 is 2.38 bits per heavy atom. The highest BCUT2D eigenvalue weighted by molar-refractivity contribution is 4.98. The lowest BCUT2D eigenvalue weighted by Crippen LogP contribution is -2.60. The third-order valence-corrected chi connectivity index (χ3v) is 4.91. The lowest BCUT2D eigenvalue weighted by atomic mass is 9.72. The normalized spacial score (nSPS) is 37.5. The third-order valence-electron chi connectivity index (χ3n) is 4.91. The maximum Gasteiger partial charge on any atom is 0.0332 e. The quantitative estimate of drug-likeness (QED) is 0.773. The average Bonchev–Trinajstić information content (AvgIpc) is 2.34. The van der Waals surface area contributed by atoms with E-state index in [1.54, 1.807) is 0 Å². The van der Waals surface area contributed by atoms with E-state index in [4.69, 9.17) is 5.73 Å². The highest BCUT2D eigenvalue weighted by Gasteiger charge is 2.38. The second-order valence-electron chi connectivity index (χ2n) is 5.99. The molecule has 0 spiro atoms. The molecule has 16 heavy (non-hydrogen) atoms. The van der Waals surface area contributed by atoms with Crippen LogP contribution in [0.15, 0.2) is 0 Å². The van der Waals surface area contributed by atoms with Gasteiger partial charge >= 0.3 is 0 Å². The van der Waals surface area contributed by atoms with Crippen molar-refractivity contribution >= 4 is 0 Å². The highest BCUT2D eigenvalue weighted by atomic mass is 15.0. The van der Waals surface area contributed by atoms with E-state index in [9.17, 15) is 0 Å². The van der Waals surface area contributed by atoms with Crippen LogP contribution in [0.2, 0.25) is 0 Å². The van der Waals surface area contributed by atoms with Crippen molar-refractivity contribution in [1.29, 1.82) is 0 Å². The Kier molecular flexibility index (Phi) is 4.26. The zero-order chi connectivity index (χ0) is 11.4. The standard InChI is InChI=1S/C14H28N2/c1-12-7-5-6-10-14(12,11-15)16-13-8-3-2-4-9-13/h12-13,16H,2-11,15H2,1H3.